The van der Waals surface area contributed by atoms with Crippen LogP contribution in [0.2, 0.25) is 0 Å². The highest BCUT2D eigenvalue weighted by atomic mass is 16.6. The quantitative estimate of drug-likeness (QED) is 0.228. The molecule has 0 spiro atoms. The standard InChI is InChI=1S/C33H35N7O4/c1-4-32(41)36-25-11-8-12-27(19-25)40(33(42)44-22-24-9-6-5-7-10-24)31-21-30(34-23-35-31)37-28-14-13-26(20-29(28)43-3)39-17-15-38(2)16-18-39/h4-14,19-21,23H,1,15-18,22H2,2-3H3,(H,36,41)(H,34,35,37). The number of likely N-dealkylation sites (N-methyl/N-ethyl adjacent to an activating group) is 1. The number of amides is 2. The Hall–Kier alpha value is -5.42. The molecule has 11 nitrogen and oxygen atoms in total. The highest BCUT2D eigenvalue weighted by molar-refractivity contribution is 6.00. The molecule has 2 amide bonds. The van der Waals surface area contributed by atoms with Crippen LogP contribution in [0.1, 0.15) is 5.56 Å². The molecule has 4 aromatic rings. The molecule has 11 heteroatoms. The number of piperazine rings is 1. The second-order valence-corrected chi connectivity index (χ2v) is 10.2. The number of hydrogen-bond donors (Lipinski definition) is 2. The molecule has 5 rings (SSSR count). The van der Waals surface area contributed by atoms with Gasteiger partial charge in [0.1, 0.15) is 30.3 Å². The van der Waals surface area contributed by atoms with Crippen molar-refractivity contribution in [3.05, 3.63) is 103 Å². The lowest BCUT2D eigenvalue weighted by Crippen LogP contribution is -2.44. The molecule has 2 N–H and O–H groups in total. The van der Waals surface area contributed by atoms with E-state index in [1.807, 2.05) is 42.5 Å². The van der Waals surface area contributed by atoms with Crippen LogP contribution in [0, 0.1) is 0 Å². The largest absolute Gasteiger partial charge is 0.494 e. The summed E-state index contributed by atoms with van der Waals surface area (Å²) in [6.45, 7) is 7.44. The van der Waals surface area contributed by atoms with Gasteiger partial charge in [-0.05, 0) is 49.0 Å². The zero-order valence-corrected chi connectivity index (χ0v) is 24.8. The maximum absolute atomic E-state index is 13.6. The van der Waals surface area contributed by atoms with E-state index in [1.54, 1.807) is 37.4 Å². The van der Waals surface area contributed by atoms with E-state index in [2.05, 4.69) is 50.1 Å². The van der Waals surface area contributed by atoms with Crippen LogP contribution < -0.4 is 25.2 Å². The van der Waals surface area contributed by atoms with Crippen molar-refractivity contribution in [2.45, 2.75) is 6.61 Å². The van der Waals surface area contributed by atoms with Gasteiger partial charge in [-0.25, -0.2) is 19.7 Å². The number of ether oxygens (including phenoxy) is 2. The highest BCUT2D eigenvalue weighted by Crippen LogP contribution is 2.34. The molecule has 44 heavy (non-hydrogen) atoms. The minimum Gasteiger partial charge on any atom is -0.494 e. The van der Waals surface area contributed by atoms with E-state index in [4.69, 9.17) is 9.47 Å². The predicted molar refractivity (Wildman–Crippen MR) is 172 cm³/mol. The molecule has 3 aromatic carbocycles. The molecule has 1 saturated heterocycles. The number of carbonyl (C=O) groups excluding carboxylic acids is 2. The van der Waals surface area contributed by atoms with Gasteiger partial charge in [0.05, 0.1) is 18.5 Å². The summed E-state index contributed by atoms with van der Waals surface area (Å²) in [4.78, 5) is 40.3. The van der Waals surface area contributed by atoms with Gasteiger partial charge in [-0.1, -0.05) is 43.0 Å². The Bertz CT molecular complexity index is 1610. The van der Waals surface area contributed by atoms with Crippen molar-refractivity contribution in [2.75, 3.05) is 60.8 Å². The Balaban J connectivity index is 1.42. The smallest absolute Gasteiger partial charge is 0.420 e. The van der Waals surface area contributed by atoms with Gasteiger partial charge in [0.25, 0.3) is 0 Å². The summed E-state index contributed by atoms with van der Waals surface area (Å²) >= 11 is 0. The average molecular weight is 594 g/mol. The average Bonchev–Trinajstić information content (AvgIpc) is 3.05. The van der Waals surface area contributed by atoms with Crippen LogP contribution in [0.15, 0.2) is 97.8 Å². The van der Waals surface area contributed by atoms with Gasteiger partial charge >= 0.3 is 6.09 Å². The van der Waals surface area contributed by atoms with Crippen LogP contribution in [-0.2, 0) is 16.1 Å². The lowest BCUT2D eigenvalue weighted by atomic mass is 10.2. The number of rotatable bonds is 10. The molecular weight excluding hydrogens is 558 g/mol. The predicted octanol–water partition coefficient (Wildman–Crippen LogP) is 5.58. The zero-order valence-electron chi connectivity index (χ0n) is 24.8. The van der Waals surface area contributed by atoms with Crippen molar-refractivity contribution in [3.8, 4) is 5.75 Å². The van der Waals surface area contributed by atoms with E-state index < -0.39 is 6.09 Å². The lowest BCUT2D eigenvalue weighted by molar-refractivity contribution is -0.111. The minimum atomic E-state index is -0.653. The van der Waals surface area contributed by atoms with E-state index in [-0.39, 0.29) is 18.3 Å². The van der Waals surface area contributed by atoms with Gasteiger partial charge in [0, 0.05) is 49.7 Å². The van der Waals surface area contributed by atoms with E-state index in [1.165, 1.54) is 17.3 Å². The zero-order chi connectivity index (χ0) is 30.9. The van der Waals surface area contributed by atoms with Gasteiger partial charge < -0.3 is 29.9 Å². The second-order valence-electron chi connectivity index (χ2n) is 10.2. The number of aromatic nitrogens is 2. The Morgan fingerprint density at radius 1 is 0.977 bits per heavy atom. The number of nitrogens with one attached hydrogen (secondary N) is 2. The Labute approximate surface area is 256 Å². The summed E-state index contributed by atoms with van der Waals surface area (Å²) in [6.07, 6.45) is 1.89. The van der Waals surface area contributed by atoms with Gasteiger partial charge in [-0.2, -0.15) is 0 Å². The van der Waals surface area contributed by atoms with E-state index in [0.29, 0.717) is 28.6 Å². The first-order chi connectivity index (χ1) is 21.4. The van der Waals surface area contributed by atoms with Crippen LogP contribution in [0.5, 0.6) is 5.75 Å². The monoisotopic (exact) mass is 593 g/mol. The molecule has 0 saturated carbocycles. The number of benzene rings is 3. The Morgan fingerprint density at radius 3 is 2.52 bits per heavy atom. The van der Waals surface area contributed by atoms with Crippen molar-refractivity contribution in [2.24, 2.45) is 0 Å². The fourth-order valence-electron chi connectivity index (χ4n) is 4.75. The molecule has 0 bridgehead atoms. The van der Waals surface area contributed by atoms with Crippen molar-refractivity contribution in [1.82, 2.24) is 14.9 Å². The third-order valence-electron chi connectivity index (χ3n) is 7.14. The first kappa shape index (κ1) is 30.1. The van der Waals surface area contributed by atoms with Crippen LogP contribution in [0.25, 0.3) is 0 Å². The van der Waals surface area contributed by atoms with Crippen LogP contribution in [0.3, 0.4) is 0 Å². The van der Waals surface area contributed by atoms with Gasteiger partial charge in [0.15, 0.2) is 0 Å². The first-order valence-corrected chi connectivity index (χ1v) is 14.2. The molecule has 0 radical (unpaired) electrons. The molecule has 0 atom stereocenters. The van der Waals surface area contributed by atoms with Crippen molar-refractivity contribution in [3.63, 3.8) is 0 Å². The minimum absolute atomic E-state index is 0.0656. The fourth-order valence-corrected chi connectivity index (χ4v) is 4.75. The Morgan fingerprint density at radius 2 is 1.77 bits per heavy atom. The SMILES string of the molecule is C=CC(=O)Nc1cccc(N(C(=O)OCc2ccccc2)c2cc(Nc3ccc(N4CCN(C)CC4)cc3OC)ncn2)c1. The normalized spacial score (nSPS) is 13.1. The van der Waals surface area contributed by atoms with Gasteiger partial charge in [-0.3, -0.25) is 4.79 Å². The first-order valence-electron chi connectivity index (χ1n) is 14.2. The number of anilines is 6. The molecule has 1 aliphatic heterocycles. The van der Waals surface area contributed by atoms with Crippen molar-refractivity contribution >= 4 is 46.4 Å². The van der Waals surface area contributed by atoms with Crippen LogP contribution >= 0.6 is 0 Å². The van der Waals surface area contributed by atoms with Crippen LogP contribution in [0.4, 0.5) is 39.2 Å². The van der Waals surface area contributed by atoms with Crippen LogP contribution in [-0.4, -0.2) is 67.2 Å². The lowest BCUT2D eigenvalue weighted by Gasteiger charge is -2.34. The summed E-state index contributed by atoms with van der Waals surface area (Å²) in [5.74, 6) is 0.992. The number of nitrogens with zero attached hydrogens (tertiary/aromatic N) is 5. The van der Waals surface area contributed by atoms with Gasteiger partial charge in [-0.15, -0.1) is 0 Å². The fraction of sp³-hybridized carbons (Fsp3) is 0.212. The molecule has 226 valence electrons. The maximum atomic E-state index is 13.6. The summed E-state index contributed by atoms with van der Waals surface area (Å²) in [7, 11) is 3.75. The van der Waals surface area contributed by atoms with E-state index in [0.717, 1.165) is 37.4 Å². The number of methoxy groups -OCH3 is 1. The molecule has 1 aliphatic rings. The van der Waals surface area contributed by atoms with E-state index in [9.17, 15) is 9.59 Å². The highest BCUT2D eigenvalue weighted by Gasteiger charge is 2.23. The molecule has 1 aromatic heterocycles. The summed E-state index contributed by atoms with van der Waals surface area (Å²) in [5, 5.41) is 6.02. The third-order valence-corrected chi connectivity index (χ3v) is 7.14. The van der Waals surface area contributed by atoms with Gasteiger partial charge in [0.2, 0.25) is 5.91 Å². The molecule has 2 heterocycles. The van der Waals surface area contributed by atoms with Crippen molar-refractivity contribution in [1.29, 1.82) is 0 Å². The Kier molecular flexibility index (Phi) is 9.68. The molecule has 1 fully saturated rings. The topological polar surface area (TPSA) is 112 Å². The molecular formula is C33H35N7O4. The number of hydrogen-bond acceptors (Lipinski definition) is 9. The second kappa shape index (κ2) is 14.2. The summed E-state index contributed by atoms with van der Waals surface area (Å²) < 4.78 is 11.4. The summed E-state index contributed by atoms with van der Waals surface area (Å²) in [5.41, 5.74) is 3.54. The summed E-state index contributed by atoms with van der Waals surface area (Å²) in [6, 6.07) is 23.9. The molecule has 0 aliphatic carbocycles. The molecule has 0 unspecified atom stereocenters. The number of carbonyl (C=O) groups is 2. The van der Waals surface area contributed by atoms with E-state index >= 15 is 0 Å². The maximum Gasteiger partial charge on any atom is 0.420 e. The third kappa shape index (κ3) is 7.50. The van der Waals surface area contributed by atoms with Crippen molar-refractivity contribution < 1.29 is 19.1 Å².